The number of nitrogens with zero attached hydrogens (tertiary/aromatic N) is 1. The van der Waals surface area contributed by atoms with E-state index < -0.39 is 23.3 Å². The van der Waals surface area contributed by atoms with Crippen LogP contribution in [0.15, 0.2) is 30.3 Å². The van der Waals surface area contributed by atoms with Crippen molar-refractivity contribution in [3.63, 3.8) is 0 Å². The van der Waals surface area contributed by atoms with Crippen molar-refractivity contribution in [1.82, 2.24) is 4.90 Å². The second-order valence-corrected chi connectivity index (χ2v) is 6.83. The summed E-state index contributed by atoms with van der Waals surface area (Å²) in [6.07, 6.45) is 0.238. The summed E-state index contributed by atoms with van der Waals surface area (Å²) in [4.78, 5) is 38.2. The highest BCUT2D eigenvalue weighted by Gasteiger charge is 2.64. The number of carbonyl (C=O) groups excluding carboxylic acids is 3. The van der Waals surface area contributed by atoms with Crippen LogP contribution in [-0.2, 0) is 35.1 Å². The third-order valence-corrected chi connectivity index (χ3v) is 5.25. The lowest BCUT2D eigenvalue weighted by Crippen LogP contribution is -2.65. The number of ether oxygens (including phenoxy) is 4. The molecule has 0 aliphatic carbocycles. The van der Waals surface area contributed by atoms with Crippen LogP contribution in [0.1, 0.15) is 25.3 Å². The van der Waals surface area contributed by atoms with Crippen molar-refractivity contribution in [2.24, 2.45) is 5.41 Å². The van der Waals surface area contributed by atoms with Gasteiger partial charge >= 0.3 is 12.1 Å². The number of esters is 1. The fourth-order valence-corrected chi connectivity index (χ4v) is 3.80. The first kappa shape index (κ1) is 20.3. The number of benzene rings is 1. The summed E-state index contributed by atoms with van der Waals surface area (Å²) in [5.74, 6) is -1.95. The Morgan fingerprint density at radius 3 is 2.54 bits per heavy atom. The van der Waals surface area contributed by atoms with Gasteiger partial charge in [0.1, 0.15) is 18.3 Å². The van der Waals surface area contributed by atoms with E-state index in [2.05, 4.69) is 0 Å². The number of carbonyl (C=O) groups is 3. The van der Waals surface area contributed by atoms with Gasteiger partial charge in [0, 0.05) is 13.0 Å². The van der Waals surface area contributed by atoms with Crippen molar-refractivity contribution in [3.8, 4) is 0 Å². The smallest absolute Gasteiger partial charge is 0.410 e. The molecule has 0 N–H and O–H groups in total. The third-order valence-electron chi connectivity index (χ3n) is 5.25. The normalized spacial score (nSPS) is 23.4. The number of piperidine rings is 1. The predicted octanol–water partition coefficient (Wildman–Crippen LogP) is 1.91. The van der Waals surface area contributed by atoms with Crippen molar-refractivity contribution in [2.45, 2.75) is 32.2 Å². The molecule has 2 aliphatic rings. The minimum atomic E-state index is -1.41. The van der Waals surface area contributed by atoms with E-state index in [9.17, 15) is 14.4 Å². The topological polar surface area (TPSA) is 91.4 Å². The highest BCUT2D eigenvalue weighted by molar-refractivity contribution is 5.82. The van der Waals surface area contributed by atoms with E-state index in [-0.39, 0.29) is 52.4 Å². The lowest BCUT2D eigenvalue weighted by molar-refractivity contribution is -0.264. The number of hydrogen-bond acceptors (Lipinski definition) is 7. The van der Waals surface area contributed by atoms with Gasteiger partial charge in [0.05, 0.1) is 26.4 Å². The molecule has 0 radical (unpaired) electrons. The lowest BCUT2D eigenvalue weighted by atomic mass is 9.71. The molecule has 2 heterocycles. The number of likely N-dealkylation sites (tertiary alicyclic amines) is 1. The van der Waals surface area contributed by atoms with Crippen LogP contribution in [0.2, 0.25) is 0 Å². The fourth-order valence-electron chi connectivity index (χ4n) is 3.80. The second-order valence-electron chi connectivity index (χ2n) is 6.83. The van der Waals surface area contributed by atoms with Gasteiger partial charge in [-0.15, -0.1) is 0 Å². The Kier molecular flexibility index (Phi) is 6.31. The number of amides is 1. The molecule has 1 amide bonds. The van der Waals surface area contributed by atoms with Crippen molar-refractivity contribution >= 4 is 18.3 Å². The SMILES string of the molecule is CCOC(=O)C1(CC=O)CCN(C(=O)OCc2ccccc2)CC12OCCO2. The van der Waals surface area contributed by atoms with Crippen LogP contribution in [0, 0.1) is 5.41 Å². The summed E-state index contributed by atoms with van der Waals surface area (Å²) in [6.45, 7) is 2.79. The minimum Gasteiger partial charge on any atom is -0.465 e. The summed E-state index contributed by atoms with van der Waals surface area (Å²) in [7, 11) is 0. The zero-order valence-electron chi connectivity index (χ0n) is 15.9. The standard InChI is InChI=1S/C20H25NO7/c1-2-25-17(23)19(9-11-22)8-10-21(15-20(19)27-12-13-28-20)18(24)26-14-16-6-4-3-5-7-16/h3-7,11H,2,8-10,12-15H2,1H3. The van der Waals surface area contributed by atoms with Gasteiger partial charge in [0.25, 0.3) is 0 Å². The second kappa shape index (κ2) is 8.70. The van der Waals surface area contributed by atoms with Crippen LogP contribution in [0.5, 0.6) is 0 Å². The minimum absolute atomic E-state index is 0.00667. The van der Waals surface area contributed by atoms with Crippen molar-refractivity contribution in [1.29, 1.82) is 0 Å². The molecular formula is C20H25NO7. The van der Waals surface area contributed by atoms with Gasteiger partial charge in [-0.2, -0.15) is 0 Å². The van der Waals surface area contributed by atoms with Gasteiger partial charge in [-0.25, -0.2) is 4.79 Å². The summed E-state index contributed by atoms with van der Waals surface area (Å²) in [5, 5.41) is 0. The molecule has 1 spiro atoms. The lowest BCUT2D eigenvalue weighted by Gasteiger charge is -2.49. The van der Waals surface area contributed by atoms with Crippen LogP contribution in [0.4, 0.5) is 4.79 Å². The molecule has 2 aliphatic heterocycles. The molecule has 0 bridgehead atoms. The van der Waals surface area contributed by atoms with Gasteiger partial charge in [0.2, 0.25) is 5.79 Å². The average Bonchev–Trinajstić information content (AvgIpc) is 3.18. The van der Waals surface area contributed by atoms with E-state index in [0.717, 1.165) is 5.56 Å². The molecule has 1 aromatic rings. The molecule has 1 aromatic carbocycles. The van der Waals surface area contributed by atoms with Gasteiger partial charge in [-0.1, -0.05) is 30.3 Å². The maximum atomic E-state index is 12.8. The summed E-state index contributed by atoms with van der Waals surface area (Å²) in [6, 6.07) is 9.35. The number of rotatable bonds is 6. The summed E-state index contributed by atoms with van der Waals surface area (Å²) >= 11 is 0. The fraction of sp³-hybridized carbons (Fsp3) is 0.550. The van der Waals surface area contributed by atoms with E-state index in [1.807, 2.05) is 30.3 Å². The molecule has 0 saturated carbocycles. The van der Waals surface area contributed by atoms with E-state index in [1.54, 1.807) is 6.92 Å². The highest BCUT2D eigenvalue weighted by atomic mass is 16.7. The summed E-state index contributed by atoms with van der Waals surface area (Å²) < 4.78 is 22.3. The van der Waals surface area contributed by atoms with Crippen LogP contribution >= 0.6 is 0 Å². The number of hydrogen-bond donors (Lipinski definition) is 0. The molecule has 2 saturated heterocycles. The first-order chi connectivity index (χ1) is 13.6. The molecule has 3 rings (SSSR count). The Bertz CT molecular complexity index is 702. The number of aldehydes is 1. The molecule has 28 heavy (non-hydrogen) atoms. The third kappa shape index (κ3) is 3.74. The molecular weight excluding hydrogens is 366 g/mol. The molecule has 0 aromatic heterocycles. The van der Waals surface area contributed by atoms with E-state index >= 15 is 0 Å². The molecule has 2 fully saturated rings. The monoisotopic (exact) mass is 391 g/mol. The maximum Gasteiger partial charge on any atom is 0.410 e. The first-order valence-corrected chi connectivity index (χ1v) is 9.41. The quantitative estimate of drug-likeness (QED) is 0.540. The zero-order chi connectivity index (χ0) is 20.0. The van der Waals surface area contributed by atoms with Crippen LogP contribution < -0.4 is 0 Å². The molecule has 8 heteroatoms. The average molecular weight is 391 g/mol. The largest absolute Gasteiger partial charge is 0.465 e. The van der Waals surface area contributed by atoms with Gasteiger partial charge in [-0.3, -0.25) is 4.79 Å². The zero-order valence-corrected chi connectivity index (χ0v) is 15.9. The van der Waals surface area contributed by atoms with E-state index in [1.165, 1.54) is 4.90 Å². The van der Waals surface area contributed by atoms with E-state index in [0.29, 0.717) is 6.29 Å². The maximum absolute atomic E-state index is 12.8. The Hall–Kier alpha value is -2.45. The molecule has 1 atom stereocenters. The van der Waals surface area contributed by atoms with Crippen LogP contribution in [0.25, 0.3) is 0 Å². The van der Waals surface area contributed by atoms with Crippen molar-refractivity contribution < 1.29 is 33.3 Å². The van der Waals surface area contributed by atoms with Crippen molar-refractivity contribution in [2.75, 3.05) is 32.9 Å². The van der Waals surface area contributed by atoms with E-state index in [4.69, 9.17) is 18.9 Å². The van der Waals surface area contributed by atoms with Gasteiger partial charge in [-0.05, 0) is 18.9 Å². The van der Waals surface area contributed by atoms with Gasteiger partial charge < -0.3 is 28.6 Å². The van der Waals surface area contributed by atoms with Crippen molar-refractivity contribution in [3.05, 3.63) is 35.9 Å². The molecule has 8 nitrogen and oxygen atoms in total. The summed E-state index contributed by atoms with van der Waals surface area (Å²) in [5.41, 5.74) is -0.407. The van der Waals surface area contributed by atoms with Crippen LogP contribution in [-0.4, -0.2) is 61.9 Å². The first-order valence-electron chi connectivity index (χ1n) is 9.41. The highest BCUT2D eigenvalue weighted by Crippen LogP contribution is 2.48. The van der Waals surface area contributed by atoms with Crippen LogP contribution in [0.3, 0.4) is 0 Å². The molecule has 152 valence electrons. The Morgan fingerprint density at radius 1 is 1.18 bits per heavy atom. The Morgan fingerprint density at radius 2 is 1.89 bits per heavy atom. The van der Waals surface area contributed by atoms with Gasteiger partial charge in [0.15, 0.2) is 0 Å². The molecule has 1 unspecified atom stereocenters. The predicted molar refractivity (Wildman–Crippen MR) is 97.2 cm³/mol. The Balaban J connectivity index is 1.76. The Labute approximate surface area is 163 Å².